The highest BCUT2D eigenvalue weighted by Gasteiger charge is 2.27. The molecular weight excluding hydrogens is 328 g/mol. The molecule has 1 amide bonds. The Balaban J connectivity index is 1.45. The van der Waals surface area contributed by atoms with Gasteiger partial charge in [0.05, 0.1) is 19.3 Å². The van der Waals surface area contributed by atoms with Crippen molar-refractivity contribution in [1.82, 2.24) is 5.32 Å². The maximum absolute atomic E-state index is 11.7. The first kappa shape index (κ1) is 16.8. The summed E-state index contributed by atoms with van der Waals surface area (Å²) in [5.74, 6) is 2.22. The number of benzene rings is 2. The molecule has 5 heteroatoms. The van der Waals surface area contributed by atoms with E-state index in [1.165, 1.54) is 5.56 Å². The van der Waals surface area contributed by atoms with Gasteiger partial charge in [0.2, 0.25) is 0 Å². The Kier molecular flexibility index (Phi) is 4.71. The minimum absolute atomic E-state index is 0.194. The average Bonchev–Trinajstić information content (AvgIpc) is 3.07. The van der Waals surface area contributed by atoms with Crippen LogP contribution in [-0.4, -0.2) is 38.9 Å². The van der Waals surface area contributed by atoms with Crippen molar-refractivity contribution in [2.75, 3.05) is 26.8 Å². The van der Waals surface area contributed by atoms with Crippen molar-refractivity contribution in [2.24, 2.45) is 10.9 Å². The van der Waals surface area contributed by atoms with E-state index >= 15 is 0 Å². The molecule has 0 bridgehead atoms. The molecule has 26 heavy (non-hydrogen) atoms. The molecule has 2 aliphatic heterocycles. The van der Waals surface area contributed by atoms with Crippen molar-refractivity contribution >= 4 is 12.1 Å². The van der Waals surface area contributed by atoms with Crippen LogP contribution < -0.4 is 14.8 Å². The number of amides is 1. The third kappa shape index (κ3) is 3.35. The third-order valence-electron chi connectivity index (χ3n) is 5.19. The zero-order valence-electron chi connectivity index (χ0n) is 14.8. The lowest BCUT2D eigenvalue weighted by Crippen LogP contribution is -2.38. The van der Waals surface area contributed by atoms with E-state index in [4.69, 9.17) is 9.47 Å². The maximum Gasteiger partial charge on any atom is 0.277 e. The van der Waals surface area contributed by atoms with E-state index in [-0.39, 0.29) is 5.91 Å². The van der Waals surface area contributed by atoms with E-state index < -0.39 is 0 Å². The molecule has 0 aliphatic carbocycles. The van der Waals surface area contributed by atoms with E-state index in [0.29, 0.717) is 24.0 Å². The molecule has 2 aromatic rings. The minimum atomic E-state index is -0.194. The number of piperidine rings is 1. The zero-order valence-corrected chi connectivity index (χ0v) is 14.8. The highest BCUT2D eigenvalue weighted by atomic mass is 16.5. The summed E-state index contributed by atoms with van der Waals surface area (Å²) in [7, 11) is 1.68. The largest absolute Gasteiger partial charge is 0.497 e. The quantitative estimate of drug-likeness (QED) is 0.900. The zero-order chi connectivity index (χ0) is 17.9. The number of methoxy groups -OCH3 is 1. The molecule has 4 rings (SSSR count). The fraction of sp³-hybridized carbons (Fsp3) is 0.333. The molecule has 0 spiro atoms. The second-order valence-corrected chi connectivity index (χ2v) is 6.76. The lowest BCUT2D eigenvalue weighted by molar-refractivity contribution is 0.101. The predicted octanol–water partition coefficient (Wildman–Crippen LogP) is 3.04. The Morgan fingerprint density at radius 3 is 2.77 bits per heavy atom. The summed E-state index contributed by atoms with van der Waals surface area (Å²) in [6.45, 7) is 2.54. The smallest absolute Gasteiger partial charge is 0.277 e. The molecule has 134 valence electrons. The van der Waals surface area contributed by atoms with Crippen LogP contribution in [0.3, 0.4) is 0 Å². The van der Waals surface area contributed by atoms with Gasteiger partial charge >= 0.3 is 0 Å². The lowest BCUT2D eigenvalue weighted by atomic mass is 9.81. The summed E-state index contributed by atoms with van der Waals surface area (Å²) in [5, 5.41) is 3.46. The Bertz CT molecular complexity index is 830. The number of ether oxygens (including phenoxy) is 2. The molecule has 2 atom stereocenters. The van der Waals surface area contributed by atoms with Gasteiger partial charge in [0.15, 0.2) is 0 Å². The van der Waals surface area contributed by atoms with Gasteiger partial charge in [-0.15, -0.1) is 0 Å². The minimum Gasteiger partial charge on any atom is -0.497 e. The molecule has 0 saturated carbocycles. The normalized spacial score (nSPS) is 21.5. The Morgan fingerprint density at radius 2 is 1.96 bits per heavy atom. The molecule has 0 unspecified atom stereocenters. The SMILES string of the molecule is COc1ccc([C@H]2CCNC[C@@H]2COc2ccc3c(c2)C(=O)N=C3)cc1. The molecule has 5 nitrogen and oxygen atoms in total. The van der Waals surface area contributed by atoms with Crippen molar-refractivity contribution in [3.63, 3.8) is 0 Å². The van der Waals surface area contributed by atoms with Gasteiger partial charge in [-0.3, -0.25) is 4.79 Å². The van der Waals surface area contributed by atoms with Crippen LogP contribution in [0.2, 0.25) is 0 Å². The van der Waals surface area contributed by atoms with Crippen LogP contribution in [0.4, 0.5) is 0 Å². The molecule has 0 aromatic heterocycles. The number of nitrogens with zero attached hydrogens (tertiary/aromatic N) is 1. The van der Waals surface area contributed by atoms with Crippen LogP contribution in [0.1, 0.15) is 33.8 Å². The predicted molar refractivity (Wildman–Crippen MR) is 101 cm³/mol. The van der Waals surface area contributed by atoms with Gasteiger partial charge in [0, 0.05) is 24.2 Å². The standard InChI is InChI=1S/C21H22N2O3/c1-25-17-5-2-14(3-6-17)19-8-9-22-11-16(19)13-26-18-7-4-15-12-23-21(24)20(15)10-18/h2-7,10,12,16,19,22H,8-9,11,13H2,1H3/t16-,19-/m1/s1. The van der Waals surface area contributed by atoms with Crippen LogP contribution in [0.5, 0.6) is 11.5 Å². The first-order chi connectivity index (χ1) is 12.7. The number of nitrogens with one attached hydrogen (secondary N) is 1. The summed E-state index contributed by atoms with van der Waals surface area (Å²) in [4.78, 5) is 15.6. The van der Waals surface area contributed by atoms with Gasteiger partial charge in [-0.2, -0.15) is 0 Å². The highest BCUT2D eigenvalue weighted by molar-refractivity contribution is 6.13. The topological polar surface area (TPSA) is 59.9 Å². The highest BCUT2D eigenvalue weighted by Crippen LogP contribution is 2.32. The number of fused-ring (bicyclic) bond motifs is 1. The summed E-state index contributed by atoms with van der Waals surface area (Å²) in [5.41, 5.74) is 2.80. The summed E-state index contributed by atoms with van der Waals surface area (Å²) in [6.07, 6.45) is 2.68. The lowest BCUT2D eigenvalue weighted by Gasteiger charge is -2.32. The van der Waals surface area contributed by atoms with Crippen LogP contribution >= 0.6 is 0 Å². The van der Waals surface area contributed by atoms with Gasteiger partial charge in [-0.05, 0) is 54.8 Å². The molecular formula is C21H22N2O3. The number of hydrogen-bond acceptors (Lipinski definition) is 4. The molecule has 2 aromatic carbocycles. The van der Waals surface area contributed by atoms with Crippen LogP contribution in [0.25, 0.3) is 0 Å². The maximum atomic E-state index is 11.7. The summed E-state index contributed by atoms with van der Waals surface area (Å²) in [6, 6.07) is 13.9. The van der Waals surface area contributed by atoms with E-state index in [0.717, 1.165) is 36.6 Å². The average molecular weight is 350 g/mol. The fourth-order valence-electron chi connectivity index (χ4n) is 3.71. The van der Waals surface area contributed by atoms with E-state index in [1.54, 1.807) is 19.4 Å². The molecule has 0 radical (unpaired) electrons. The summed E-state index contributed by atoms with van der Waals surface area (Å²) >= 11 is 0. The number of carbonyl (C=O) groups excluding carboxylic acids is 1. The van der Waals surface area contributed by atoms with Crippen molar-refractivity contribution in [3.8, 4) is 11.5 Å². The number of hydrogen-bond donors (Lipinski definition) is 1. The Hall–Kier alpha value is -2.66. The number of aliphatic imine (C=N–C) groups is 1. The van der Waals surface area contributed by atoms with Crippen molar-refractivity contribution in [3.05, 3.63) is 59.2 Å². The molecule has 1 saturated heterocycles. The Morgan fingerprint density at radius 1 is 1.15 bits per heavy atom. The number of carbonyl (C=O) groups is 1. The molecule has 1 fully saturated rings. The van der Waals surface area contributed by atoms with Gasteiger partial charge in [-0.1, -0.05) is 12.1 Å². The Labute approximate surface area is 153 Å². The van der Waals surface area contributed by atoms with Crippen molar-refractivity contribution in [2.45, 2.75) is 12.3 Å². The van der Waals surface area contributed by atoms with Gasteiger partial charge in [0.25, 0.3) is 5.91 Å². The van der Waals surface area contributed by atoms with Crippen LogP contribution in [0.15, 0.2) is 47.5 Å². The first-order valence-corrected chi connectivity index (χ1v) is 8.94. The first-order valence-electron chi connectivity index (χ1n) is 8.94. The second kappa shape index (κ2) is 7.30. The third-order valence-corrected chi connectivity index (χ3v) is 5.19. The second-order valence-electron chi connectivity index (χ2n) is 6.76. The molecule has 1 N–H and O–H groups in total. The van der Waals surface area contributed by atoms with Crippen molar-refractivity contribution < 1.29 is 14.3 Å². The molecule has 2 aliphatic rings. The summed E-state index contributed by atoms with van der Waals surface area (Å²) < 4.78 is 11.3. The van der Waals surface area contributed by atoms with Crippen molar-refractivity contribution in [1.29, 1.82) is 0 Å². The van der Waals surface area contributed by atoms with Crippen LogP contribution in [-0.2, 0) is 0 Å². The van der Waals surface area contributed by atoms with Gasteiger partial charge in [-0.25, -0.2) is 4.99 Å². The van der Waals surface area contributed by atoms with E-state index in [2.05, 4.69) is 22.4 Å². The number of rotatable bonds is 5. The molecule has 2 heterocycles. The van der Waals surface area contributed by atoms with Crippen LogP contribution in [0, 0.1) is 5.92 Å². The van der Waals surface area contributed by atoms with E-state index in [1.807, 2.05) is 24.3 Å². The fourth-order valence-corrected chi connectivity index (χ4v) is 3.71. The monoisotopic (exact) mass is 350 g/mol. The van der Waals surface area contributed by atoms with E-state index in [9.17, 15) is 4.79 Å². The van der Waals surface area contributed by atoms with Gasteiger partial charge in [0.1, 0.15) is 11.5 Å². The van der Waals surface area contributed by atoms with Gasteiger partial charge < -0.3 is 14.8 Å².